The molecule has 1 fully saturated rings. The molecular weight excluding hydrogens is 288 g/mol. The molecule has 0 bridgehead atoms. The number of likely N-dealkylation sites (N-methyl/N-ethyl adjacent to an activating group) is 1. The summed E-state index contributed by atoms with van der Waals surface area (Å²) in [5, 5.41) is 0. The van der Waals surface area contributed by atoms with Crippen LogP contribution in [0.3, 0.4) is 0 Å². The highest BCUT2D eigenvalue weighted by molar-refractivity contribution is 5.94. The number of hydrogen-bond donors (Lipinski definition) is 0. The molecule has 0 saturated carbocycles. The van der Waals surface area contributed by atoms with Gasteiger partial charge in [0.25, 0.3) is 5.91 Å². The van der Waals surface area contributed by atoms with Crippen LogP contribution in [0.5, 0.6) is 0 Å². The summed E-state index contributed by atoms with van der Waals surface area (Å²) in [7, 11) is 2.10. The van der Waals surface area contributed by atoms with Crippen LogP contribution in [0.2, 0.25) is 0 Å². The predicted octanol–water partition coefficient (Wildman–Crippen LogP) is 2.17. The summed E-state index contributed by atoms with van der Waals surface area (Å²) in [5.41, 5.74) is 1.90. The molecule has 0 N–H and O–H groups in total. The van der Waals surface area contributed by atoms with Gasteiger partial charge in [-0.1, -0.05) is 0 Å². The first kappa shape index (κ1) is 15.9. The number of nitrogens with zero attached hydrogens (tertiary/aromatic N) is 4. The molecule has 0 aromatic carbocycles. The summed E-state index contributed by atoms with van der Waals surface area (Å²) in [6.07, 6.45) is 1.99. The lowest BCUT2D eigenvalue weighted by atomic mass is 10.2. The van der Waals surface area contributed by atoms with Gasteiger partial charge in [0.05, 0.1) is 5.56 Å². The van der Waals surface area contributed by atoms with Crippen molar-refractivity contribution in [2.24, 2.45) is 0 Å². The molecule has 0 radical (unpaired) electrons. The smallest absolute Gasteiger partial charge is 0.255 e. The highest BCUT2D eigenvalue weighted by Crippen LogP contribution is 2.21. The fraction of sp³-hybridized carbons (Fsp3) is 0.500. The van der Waals surface area contributed by atoms with Crippen molar-refractivity contribution in [3.8, 4) is 0 Å². The number of pyridine rings is 1. The molecule has 5 nitrogen and oxygen atoms in total. The summed E-state index contributed by atoms with van der Waals surface area (Å²) in [5.74, 6) is 1.29. The van der Waals surface area contributed by atoms with E-state index in [0.29, 0.717) is 0 Å². The highest BCUT2D eigenvalue weighted by Gasteiger charge is 2.21. The molecule has 0 spiro atoms. The SMILES string of the molecule is CCN(CC)c1ccc2ccc(C(=O)N3CCN(C)CC3)cn12. The minimum atomic E-state index is 0.138. The second-order valence-electron chi connectivity index (χ2n) is 6.17. The van der Waals surface area contributed by atoms with Crippen molar-refractivity contribution in [1.82, 2.24) is 14.2 Å². The average Bonchev–Trinajstić information content (AvgIpc) is 2.99. The number of anilines is 1. The lowest BCUT2D eigenvalue weighted by molar-refractivity contribution is 0.0663. The van der Waals surface area contributed by atoms with Crippen LogP contribution >= 0.6 is 0 Å². The van der Waals surface area contributed by atoms with Crippen molar-refractivity contribution < 1.29 is 4.79 Å². The van der Waals surface area contributed by atoms with Gasteiger partial charge < -0.3 is 19.1 Å². The van der Waals surface area contributed by atoms with Gasteiger partial charge in [-0.3, -0.25) is 4.79 Å². The Bertz CT molecular complexity index is 681. The molecule has 1 amide bonds. The molecular formula is C18H26N4O. The Morgan fingerprint density at radius 3 is 2.35 bits per heavy atom. The molecule has 3 rings (SSSR count). The number of fused-ring (bicyclic) bond motifs is 1. The van der Waals surface area contributed by atoms with Gasteiger partial charge in [0.1, 0.15) is 5.82 Å². The molecule has 5 heteroatoms. The minimum Gasteiger partial charge on any atom is -0.358 e. The number of carbonyl (C=O) groups excluding carboxylic acids is 1. The molecule has 2 aromatic rings. The van der Waals surface area contributed by atoms with E-state index >= 15 is 0 Å². The maximum absolute atomic E-state index is 12.8. The lowest BCUT2D eigenvalue weighted by Gasteiger charge is -2.32. The van der Waals surface area contributed by atoms with Crippen molar-refractivity contribution in [3.05, 3.63) is 36.0 Å². The van der Waals surface area contributed by atoms with E-state index in [1.54, 1.807) is 0 Å². The first-order valence-electron chi connectivity index (χ1n) is 8.48. The maximum atomic E-state index is 12.8. The van der Waals surface area contributed by atoms with E-state index in [4.69, 9.17) is 0 Å². The number of hydrogen-bond acceptors (Lipinski definition) is 3. The Kier molecular flexibility index (Phi) is 4.57. The van der Waals surface area contributed by atoms with Crippen molar-refractivity contribution >= 4 is 17.2 Å². The first-order valence-corrected chi connectivity index (χ1v) is 8.48. The predicted molar refractivity (Wildman–Crippen MR) is 94.4 cm³/mol. The summed E-state index contributed by atoms with van der Waals surface area (Å²) in [4.78, 5) is 19.3. The van der Waals surface area contributed by atoms with E-state index < -0.39 is 0 Å². The minimum absolute atomic E-state index is 0.138. The van der Waals surface area contributed by atoms with Crippen molar-refractivity contribution in [3.63, 3.8) is 0 Å². The van der Waals surface area contributed by atoms with Gasteiger partial charge in [0.15, 0.2) is 0 Å². The van der Waals surface area contributed by atoms with E-state index in [1.807, 2.05) is 23.2 Å². The van der Waals surface area contributed by atoms with Crippen molar-refractivity contribution in [1.29, 1.82) is 0 Å². The van der Waals surface area contributed by atoms with Gasteiger partial charge in [0, 0.05) is 51.0 Å². The number of carbonyl (C=O) groups is 1. The summed E-state index contributed by atoms with van der Waals surface area (Å²) in [6.45, 7) is 9.73. The Hall–Kier alpha value is -2.01. The fourth-order valence-corrected chi connectivity index (χ4v) is 3.21. The monoisotopic (exact) mass is 314 g/mol. The molecule has 0 unspecified atom stereocenters. The van der Waals surface area contributed by atoms with Gasteiger partial charge in [-0.15, -0.1) is 0 Å². The third-order valence-electron chi connectivity index (χ3n) is 4.75. The second kappa shape index (κ2) is 6.62. The van der Waals surface area contributed by atoms with E-state index in [-0.39, 0.29) is 5.91 Å². The van der Waals surface area contributed by atoms with Crippen LogP contribution in [-0.4, -0.2) is 66.4 Å². The van der Waals surface area contributed by atoms with Crippen molar-refractivity contribution in [2.75, 3.05) is 51.2 Å². The third kappa shape index (κ3) is 3.06. The van der Waals surface area contributed by atoms with Gasteiger partial charge >= 0.3 is 0 Å². The summed E-state index contributed by atoms with van der Waals surface area (Å²) >= 11 is 0. The van der Waals surface area contributed by atoms with Crippen LogP contribution < -0.4 is 4.90 Å². The van der Waals surface area contributed by atoms with Crippen molar-refractivity contribution in [2.45, 2.75) is 13.8 Å². The maximum Gasteiger partial charge on any atom is 0.255 e. The molecule has 2 aromatic heterocycles. The van der Waals surface area contributed by atoms with E-state index in [0.717, 1.165) is 56.2 Å². The fourth-order valence-electron chi connectivity index (χ4n) is 3.21. The Labute approximate surface area is 138 Å². The molecule has 1 saturated heterocycles. The highest BCUT2D eigenvalue weighted by atomic mass is 16.2. The van der Waals surface area contributed by atoms with Gasteiger partial charge in [-0.05, 0) is 45.2 Å². The second-order valence-corrected chi connectivity index (χ2v) is 6.17. The standard InChI is InChI=1S/C18H26N4O/c1-4-20(5-2)17-9-8-16-7-6-15(14-22(16)17)18(23)21-12-10-19(3)11-13-21/h6-9,14H,4-5,10-13H2,1-3H3. The van der Waals surface area contributed by atoms with E-state index in [2.05, 4.69) is 47.2 Å². The largest absolute Gasteiger partial charge is 0.358 e. The van der Waals surface area contributed by atoms with Crippen LogP contribution in [0.25, 0.3) is 5.52 Å². The molecule has 23 heavy (non-hydrogen) atoms. The molecule has 1 aliphatic heterocycles. The molecule has 3 heterocycles. The Balaban J connectivity index is 1.89. The van der Waals surface area contributed by atoms with Crippen LogP contribution in [-0.2, 0) is 0 Å². The Morgan fingerprint density at radius 2 is 1.70 bits per heavy atom. The number of amides is 1. The average molecular weight is 314 g/mol. The van der Waals surface area contributed by atoms with Crippen LogP contribution in [0.1, 0.15) is 24.2 Å². The lowest BCUT2D eigenvalue weighted by Crippen LogP contribution is -2.47. The number of aromatic nitrogens is 1. The van der Waals surface area contributed by atoms with Crippen LogP contribution in [0, 0.1) is 0 Å². The third-order valence-corrected chi connectivity index (χ3v) is 4.75. The first-order chi connectivity index (χ1) is 11.1. The number of piperazine rings is 1. The quantitative estimate of drug-likeness (QED) is 0.867. The topological polar surface area (TPSA) is 31.2 Å². The molecule has 1 aliphatic rings. The van der Waals surface area contributed by atoms with E-state index in [9.17, 15) is 4.79 Å². The zero-order valence-electron chi connectivity index (χ0n) is 14.3. The van der Waals surface area contributed by atoms with Gasteiger partial charge in [0.2, 0.25) is 0 Å². The molecule has 0 aliphatic carbocycles. The normalized spacial score (nSPS) is 16.0. The van der Waals surface area contributed by atoms with Gasteiger partial charge in [-0.2, -0.15) is 0 Å². The van der Waals surface area contributed by atoms with Crippen LogP contribution in [0.15, 0.2) is 30.5 Å². The number of rotatable bonds is 4. The van der Waals surface area contributed by atoms with Gasteiger partial charge in [-0.25, -0.2) is 0 Å². The van der Waals surface area contributed by atoms with E-state index in [1.165, 1.54) is 0 Å². The van der Waals surface area contributed by atoms with Crippen LogP contribution in [0.4, 0.5) is 5.82 Å². The summed E-state index contributed by atoms with van der Waals surface area (Å²) < 4.78 is 2.14. The zero-order valence-corrected chi connectivity index (χ0v) is 14.3. The molecule has 124 valence electrons. The molecule has 0 atom stereocenters. The summed E-state index contributed by atoms with van der Waals surface area (Å²) in [6, 6.07) is 8.22. The zero-order chi connectivity index (χ0) is 16.4. The Morgan fingerprint density at radius 1 is 1.04 bits per heavy atom.